The fraction of sp³-hybridized carbons (Fsp3) is 1.00. The van der Waals surface area contributed by atoms with E-state index >= 15 is 0 Å². The Morgan fingerprint density at radius 1 is 1.43 bits per heavy atom. The van der Waals surface area contributed by atoms with Crippen LogP contribution >= 0.6 is 30.1 Å². The van der Waals surface area contributed by atoms with Crippen LogP contribution in [0.4, 0.5) is 0 Å². The summed E-state index contributed by atoms with van der Waals surface area (Å²) in [6.07, 6.45) is 2.44. The van der Waals surface area contributed by atoms with Crippen LogP contribution in [-0.2, 0) is 0 Å². The molecule has 7 heavy (non-hydrogen) atoms. The van der Waals surface area contributed by atoms with Crippen molar-refractivity contribution in [3.05, 3.63) is 0 Å². The van der Waals surface area contributed by atoms with Crippen LogP contribution < -0.4 is 5.73 Å². The van der Waals surface area contributed by atoms with Gasteiger partial charge in [-0.2, -0.15) is 0 Å². The van der Waals surface area contributed by atoms with E-state index in [1.165, 1.54) is 18.6 Å². The SMILES string of the molecule is NCCCCSI. The van der Waals surface area contributed by atoms with E-state index in [1.807, 2.05) is 8.93 Å². The van der Waals surface area contributed by atoms with E-state index in [9.17, 15) is 0 Å². The van der Waals surface area contributed by atoms with Gasteiger partial charge in [-0.3, -0.25) is 0 Å². The highest BCUT2D eigenvalue weighted by atomic mass is 127. The molecule has 0 aliphatic rings. The van der Waals surface area contributed by atoms with Gasteiger partial charge in [0.25, 0.3) is 0 Å². The zero-order valence-electron chi connectivity index (χ0n) is 4.19. The second-order valence-corrected chi connectivity index (χ2v) is 3.80. The molecule has 0 aliphatic carbocycles. The molecule has 0 atom stereocenters. The van der Waals surface area contributed by atoms with Crippen LogP contribution in [0.5, 0.6) is 0 Å². The minimum Gasteiger partial charge on any atom is -0.330 e. The van der Waals surface area contributed by atoms with Crippen molar-refractivity contribution in [2.75, 3.05) is 12.3 Å². The third kappa shape index (κ3) is 7.04. The molecule has 0 unspecified atom stereocenters. The summed E-state index contributed by atoms with van der Waals surface area (Å²) in [7, 11) is 1.86. The van der Waals surface area contributed by atoms with Crippen LogP contribution in [0.2, 0.25) is 0 Å². The smallest absolute Gasteiger partial charge is 0.00339 e. The lowest BCUT2D eigenvalue weighted by atomic mass is 10.3. The topological polar surface area (TPSA) is 26.0 Å². The molecular formula is C4H10INS. The summed E-state index contributed by atoms with van der Waals surface area (Å²) in [5.74, 6) is 1.25. The predicted octanol–water partition coefficient (Wildman–Crippen LogP) is 1.81. The van der Waals surface area contributed by atoms with Gasteiger partial charge in [-0.15, -0.1) is 0 Å². The molecule has 44 valence electrons. The molecule has 1 nitrogen and oxygen atoms in total. The van der Waals surface area contributed by atoms with Gasteiger partial charge in [0, 0.05) is 5.75 Å². The minimum absolute atomic E-state index is 0.844. The number of unbranched alkanes of at least 4 members (excludes halogenated alkanes) is 1. The Morgan fingerprint density at radius 2 is 2.14 bits per heavy atom. The van der Waals surface area contributed by atoms with E-state index in [4.69, 9.17) is 5.73 Å². The lowest BCUT2D eigenvalue weighted by molar-refractivity contribution is 0.816. The van der Waals surface area contributed by atoms with Crippen molar-refractivity contribution >= 4 is 30.1 Å². The summed E-state index contributed by atoms with van der Waals surface area (Å²) < 4.78 is 0. The molecule has 0 heterocycles. The summed E-state index contributed by atoms with van der Waals surface area (Å²) in [4.78, 5) is 0. The Kier molecular flexibility index (Phi) is 8.09. The summed E-state index contributed by atoms with van der Waals surface area (Å²) in [5.41, 5.74) is 5.26. The molecule has 0 fully saturated rings. The van der Waals surface area contributed by atoms with Gasteiger partial charge in [-0.25, -0.2) is 0 Å². The molecule has 0 aromatic carbocycles. The fourth-order valence-corrected chi connectivity index (χ4v) is 1.55. The maximum Gasteiger partial charge on any atom is 0.00339 e. The number of hydrogen-bond donors (Lipinski definition) is 1. The molecule has 0 spiro atoms. The van der Waals surface area contributed by atoms with Crippen LogP contribution in [-0.4, -0.2) is 12.3 Å². The molecule has 0 radical (unpaired) electrons. The van der Waals surface area contributed by atoms with E-state index in [-0.39, 0.29) is 0 Å². The van der Waals surface area contributed by atoms with Gasteiger partial charge in [-0.1, -0.05) is 8.93 Å². The lowest BCUT2D eigenvalue weighted by Gasteiger charge is -1.89. The van der Waals surface area contributed by atoms with E-state index in [0.717, 1.165) is 6.54 Å². The normalized spacial score (nSPS) is 9.43. The van der Waals surface area contributed by atoms with Crippen LogP contribution in [0.1, 0.15) is 12.8 Å². The Morgan fingerprint density at radius 3 is 2.57 bits per heavy atom. The van der Waals surface area contributed by atoms with Crippen molar-refractivity contribution in [2.45, 2.75) is 12.8 Å². The molecule has 0 amide bonds. The highest BCUT2D eigenvalue weighted by molar-refractivity contribution is 14.2. The van der Waals surface area contributed by atoms with Crippen molar-refractivity contribution in [3.8, 4) is 0 Å². The second kappa shape index (κ2) is 7.04. The molecule has 0 saturated heterocycles. The summed E-state index contributed by atoms with van der Waals surface area (Å²) in [6.45, 7) is 0.844. The molecule has 3 heteroatoms. The van der Waals surface area contributed by atoms with Crippen molar-refractivity contribution in [1.29, 1.82) is 0 Å². The van der Waals surface area contributed by atoms with E-state index in [1.54, 1.807) is 0 Å². The number of halogens is 1. The van der Waals surface area contributed by atoms with E-state index in [0.29, 0.717) is 0 Å². The van der Waals surface area contributed by atoms with Gasteiger partial charge in [0.1, 0.15) is 0 Å². The fourth-order valence-electron chi connectivity index (χ4n) is 0.301. The third-order valence-electron chi connectivity index (χ3n) is 0.676. The highest BCUT2D eigenvalue weighted by Gasteiger charge is 1.81. The first kappa shape index (κ1) is 8.04. The quantitative estimate of drug-likeness (QED) is 0.589. The first-order chi connectivity index (χ1) is 3.41. The Hall–Kier alpha value is 1.04. The highest BCUT2D eigenvalue weighted by Crippen LogP contribution is 2.12. The van der Waals surface area contributed by atoms with Gasteiger partial charge in [0.05, 0.1) is 0 Å². The van der Waals surface area contributed by atoms with E-state index in [2.05, 4.69) is 21.2 Å². The van der Waals surface area contributed by atoms with Gasteiger partial charge in [0.2, 0.25) is 0 Å². The van der Waals surface area contributed by atoms with Crippen molar-refractivity contribution in [3.63, 3.8) is 0 Å². The second-order valence-electron chi connectivity index (χ2n) is 1.31. The van der Waals surface area contributed by atoms with Crippen LogP contribution in [0, 0.1) is 0 Å². The van der Waals surface area contributed by atoms with Gasteiger partial charge in [-0.05, 0) is 40.6 Å². The average Bonchev–Trinajstić information content (AvgIpc) is 1.69. The molecule has 0 rings (SSSR count). The zero-order chi connectivity index (χ0) is 5.54. The van der Waals surface area contributed by atoms with Gasteiger partial charge in [0.15, 0.2) is 0 Å². The maximum atomic E-state index is 5.26. The average molecular weight is 231 g/mol. The molecule has 0 aliphatic heterocycles. The first-order valence-electron chi connectivity index (χ1n) is 2.35. The Balaban J connectivity index is 2.45. The lowest BCUT2D eigenvalue weighted by Crippen LogP contribution is -1.97. The molecule has 2 N–H and O–H groups in total. The van der Waals surface area contributed by atoms with Crippen molar-refractivity contribution < 1.29 is 0 Å². The molecule has 0 aromatic heterocycles. The Bertz CT molecular complexity index is 30.9. The summed E-state index contributed by atoms with van der Waals surface area (Å²) in [5, 5.41) is 0. The van der Waals surface area contributed by atoms with Crippen LogP contribution in [0.15, 0.2) is 0 Å². The molecular weight excluding hydrogens is 221 g/mol. The number of nitrogens with two attached hydrogens (primary N) is 1. The minimum atomic E-state index is 0.844. The van der Waals surface area contributed by atoms with Gasteiger partial charge >= 0.3 is 0 Å². The summed E-state index contributed by atoms with van der Waals surface area (Å²) >= 11 is 2.30. The van der Waals surface area contributed by atoms with Crippen LogP contribution in [0.3, 0.4) is 0 Å². The zero-order valence-corrected chi connectivity index (χ0v) is 7.17. The molecule has 0 aromatic rings. The maximum absolute atomic E-state index is 5.26. The third-order valence-corrected chi connectivity index (χ3v) is 2.44. The molecule has 0 bridgehead atoms. The summed E-state index contributed by atoms with van der Waals surface area (Å²) in [6, 6.07) is 0. The van der Waals surface area contributed by atoms with Gasteiger partial charge < -0.3 is 5.73 Å². The monoisotopic (exact) mass is 231 g/mol. The largest absolute Gasteiger partial charge is 0.330 e. The molecule has 0 saturated carbocycles. The van der Waals surface area contributed by atoms with Crippen LogP contribution in [0.25, 0.3) is 0 Å². The van der Waals surface area contributed by atoms with E-state index < -0.39 is 0 Å². The standard InChI is InChI=1S/C4H10INS/c5-7-4-2-1-3-6/h1-4,6H2. The predicted molar refractivity (Wildman–Crippen MR) is 44.8 cm³/mol. The van der Waals surface area contributed by atoms with Crippen molar-refractivity contribution in [2.24, 2.45) is 5.73 Å². The Labute approximate surface area is 61.0 Å². The number of rotatable bonds is 4. The van der Waals surface area contributed by atoms with Crippen molar-refractivity contribution in [1.82, 2.24) is 0 Å². The number of hydrogen-bond acceptors (Lipinski definition) is 2. The first-order valence-corrected chi connectivity index (χ1v) is 5.88.